The molecule has 47 heavy (non-hydrogen) atoms. The van der Waals surface area contributed by atoms with Crippen molar-refractivity contribution in [3.05, 3.63) is 188 Å². The Morgan fingerprint density at radius 3 is 1.38 bits per heavy atom. The lowest BCUT2D eigenvalue weighted by Gasteiger charge is -2.28. The minimum absolute atomic E-state index is 1.12. The van der Waals surface area contributed by atoms with Crippen molar-refractivity contribution in [2.24, 2.45) is 0 Å². The Labute approximate surface area is 274 Å². The zero-order valence-electron chi connectivity index (χ0n) is 25.8. The van der Waals surface area contributed by atoms with E-state index >= 15 is 0 Å². The van der Waals surface area contributed by atoms with Gasteiger partial charge in [0.05, 0.1) is 5.69 Å². The molecule has 0 spiro atoms. The molecule has 0 saturated carbocycles. The molecule has 0 aliphatic heterocycles. The van der Waals surface area contributed by atoms with E-state index in [1.165, 1.54) is 65.3 Å². The summed E-state index contributed by atoms with van der Waals surface area (Å²) in [6, 6.07) is 68.2. The van der Waals surface area contributed by atoms with Crippen LogP contribution in [0.5, 0.6) is 0 Å². The Bertz CT molecular complexity index is 2570. The highest BCUT2D eigenvalue weighted by atomic mass is 15.1. The Kier molecular flexibility index (Phi) is 6.54. The number of rotatable bonds is 5. The highest BCUT2D eigenvalue weighted by Crippen LogP contribution is 2.47. The largest absolute Gasteiger partial charge is 0.310 e. The molecule has 0 aliphatic rings. The predicted octanol–water partition coefficient (Wildman–Crippen LogP) is 13.1. The molecule has 0 unspecified atom stereocenters. The molecule has 0 heterocycles. The summed E-state index contributed by atoms with van der Waals surface area (Å²) in [5.41, 5.74) is 8.32. The lowest BCUT2D eigenvalue weighted by atomic mass is 9.85. The van der Waals surface area contributed by atoms with E-state index in [2.05, 4.69) is 193 Å². The third-order valence-corrected chi connectivity index (χ3v) is 9.39. The highest BCUT2D eigenvalue weighted by molar-refractivity contribution is 6.22. The van der Waals surface area contributed by atoms with E-state index in [9.17, 15) is 0 Å². The third-order valence-electron chi connectivity index (χ3n) is 9.39. The molecule has 1 nitrogen and oxygen atoms in total. The Morgan fingerprint density at radius 2 is 0.723 bits per heavy atom. The molecule has 9 rings (SSSR count). The van der Waals surface area contributed by atoms with Crippen LogP contribution in [0.1, 0.15) is 0 Å². The summed E-state index contributed by atoms with van der Waals surface area (Å²) < 4.78 is 0. The summed E-state index contributed by atoms with van der Waals surface area (Å²) in [5, 5.41) is 10.0. The summed E-state index contributed by atoms with van der Waals surface area (Å²) >= 11 is 0. The molecule has 0 saturated heterocycles. The first-order chi connectivity index (χ1) is 23.3. The molecule has 0 atom stereocenters. The fourth-order valence-electron chi connectivity index (χ4n) is 7.37. The SMILES string of the molecule is c1ccc(-c2c(-c3cccc(N(c4ccccc4)c4cc5ccccc5c5ccccc45)c3)c3ccccc3c3ccccc23)cc1. The van der Waals surface area contributed by atoms with Crippen molar-refractivity contribution in [1.82, 2.24) is 0 Å². The maximum Gasteiger partial charge on any atom is 0.0546 e. The maximum absolute atomic E-state index is 2.42. The molecular weight excluding hydrogens is 567 g/mol. The van der Waals surface area contributed by atoms with Crippen LogP contribution in [0.15, 0.2) is 188 Å². The van der Waals surface area contributed by atoms with Crippen LogP contribution < -0.4 is 4.90 Å². The van der Waals surface area contributed by atoms with Gasteiger partial charge in [-0.1, -0.05) is 158 Å². The van der Waals surface area contributed by atoms with Gasteiger partial charge in [-0.2, -0.15) is 0 Å². The first kappa shape index (κ1) is 27.2. The maximum atomic E-state index is 2.42. The van der Waals surface area contributed by atoms with Gasteiger partial charge in [0.2, 0.25) is 0 Å². The van der Waals surface area contributed by atoms with Crippen LogP contribution in [0.2, 0.25) is 0 Å². The van der Waals surface area contributed by atoms with E-state index in [0.717, 1.165) is 17.1 Å². The Balaban J connectivity index is 1.36. The van der Waals surface area contributed by atoms with Crippen molar-refractivity contribution in [3.8, 4) is 22.3 Å². The zero-order valence-corrected chi connectivity index (χ0v) is 25.8. The number of hydrogen-bond acceptors (Lipinski definition) is 1. The van der Waals surface area contributed by atoms with Crippen molar-refractivity contribution in [2.75, 3.05) is 4.90 Å². The van der Waals surface area contributed by atoms with Crippen LogP contribution >= 0.6 is 0 Å². The molecule has 0 bridgehead atoms. The van der Waals surface area contributed by atoms with E-state index in [4.69, 9.17) is 0 Å². The van der Waals surface area contributed by atoms with Gasteiger partial charge in [-0.05, 0) is 90.3 Å². The molecular formula is C46H31N. The highest BCUT2D eigenvalue weighted by Gasteiger charge is 2.21. The van der Waals surface area contributed by atoms with Gasteiger partial charge in [0.15, 0.2) is 0 Å². The molecule has 9 aromatic carbocycles. The smallest absolute Gasteiger partial charge is 0.0546 e. The van der Waals surface area contributed by atoms with Crippen molar-refractivity contribution in [1.29, 1.82) is 0 Å². The van der Waals surface area contributed by atoms with E-state index in [1.807, 2.05) is 0 Å². The van der Waals surface area contributed by atoms with Gasteiger partial charge in [-0.3, -0.25) is 0 Å². The van der Waals surface area contributed by atoms with Crippen molar-refractivity contribution >= 4 is 60.2 Å². The van der Waals surface area contributed by atoms with Gasteiger partial charge >= 0.3 is 0 Å². The molecule has 0 radical (unpaired) electrons. The normalized spacial score (nSPS) is 11.4. The Hall–Kier alpha value is -6.18. The number of anilines is 3. The van der Waals surface area contributed by atoms with Crippen LogP contribution in [0, 0.1) is 0 Å². The molecule has 9 aromatic rings. The standard InChI is InChI=1S/C46H31N/c1-3-16-32(17-4-1)45-42-28-13-10-25-39(42)40-26-11-14-29-43(40)46(45)34-19-15-22-36(30-34)47(35-20-5-2-6-21-35)44-31-33-18-7-8-23-37(33)38-24-9-12-27-41(38)44/h1-31H. The van der Waals surface area contributed by atoms with Gasteiger partial charge in [-0.25, -0.2) is 0 Å². The van der Waals surface area contributed by atoms with E-state index in [0.29, 0.717) is 0 Å². The minimum Gasteiger partial charge on any atom is -0.310 e. The topological polar surface area (TPSA) is 3.24 Å². The third kappa shape index (κ3) is 4.56. The number of benzene rings is 9. The first-order valence-electron chi connectivity index (χ1n) is 16.2. The molecule has 0 amide bonds. The van der Waals surface area contributed by atoms with Gasteiger partial charge in [-0.15, -0.1) is 0 Å². The van der Waals surface area contributed by atoms with E-state index in [1.54, 1.807) is 0 Å². The number of fused-ring (bicyclic) bond motifs is 6. The molecule has 0 N–H and O–H groups in total. The first-order valence-corrected chi connectivity index (χ1v) is 16.2. The summed E-state index contributed by atoms with van der Waals surface area (Å²) in [7, 11) is 0. The van der Waals surface area contributed by atoms with Crippen LogP contribution in [0.25, 0.3) is 65.3 Å². The van der Waals surface area contributed by atoms with Gasteiger partial charge in [0.1, 0.15) is 0 Å². The van der Waals surface area contributed by atoms with Crippen LogP contribution in [0.4, 0.5) is 17.1 Å². The molecule has 0 aromatic heterocycles. The van der Waals surface area contributed by atoms with Crippen LogP contribution in [0.3, 0.4) is 0 Å². The summed E-state index contributed by atoms with van der Waals surface area (Å²) in [6.07, 6.45) is 0. The van der Waals surface area contributed by atoms with Gasteiger partial charge in [0, 0.05) is 16.8 Å². The van der Waals surface area contributed by atoms with Crippen LogP contribution in [-0.2, 0) is 0 Å². The predicted molar refractivity (Wildman–Crippen MR) is 202 cm³/mol. The lowest BCUT2D eigenvalue weighted by Crippen LogP contribution is -2.10. The molecule has 0 fully saturated rings. The second-order valence-electron chi connectivity index (χ2n) is 12.1. The molecule has 0 aliphatic carbocycles. The number of hydrogen-bond donors (Lipinski definition) is 0. The van der Waals surface area contributed by atoms with Crippen molar-refractivity contribution < 1.29 is 0 Å². The second-order valence-corrected chi connectivity index (χ2v) is 12.1. The molecule has 1 heteroatoms. The van der Waals surface area contributed by atoms with Gasteiger partial charge < -0.3 is 4.90 Å². The fourth-order valence-corrected chi connectivity index (χ4v) is 7.37. The number of nitrogens with zero attached hydrogens (tertiary/aromatic N) is 1. The minimum atomic E-state index is 1.12. The zero-order chi connectivity index (χ0) is 31.2. The summed E-state index contributed by atoms with van der Waals surface area (Å²) in [6.45, 7) is 0. The number of para-hydroxylation sites is 1. The van der Waals surface area contributed by atoms with E-state index < -0.39 is 0 Å². The molecule has 220 valence electrons. The summed E-state index contributed by atoms with van der Waals surface area (Å²) in [4.78, 5) is 2.42. The van der Waals surface area contributed by atoms with Crippen LogP contribution in [-0.4, -0.2) is 0 Å². The summed E-state index contributed by atoms with van der Waals surface area (Å²) in [5.74, 6) is 0. The van der Waals surface area contributed by atoms with Crippen molar-refractivity contribution in [3.63, 3.8) is 0 Å². The second kappa shape index (κ2) is 11.3. The van der Waals surface area contributed by atoms with Crippen molar-refractivity contribution in [2.45, 2.75) is 0 Å². The average Bonchev–Trinajstić information content (AvgIpc) is 3.15. The fraction of sp³-hybridized carbons (Fsp3) is 0. The quantitative estimate of drug-likeness (QED) is 0.178. The average molecular weight is 598 g/mol. The Morgan fingerprint density at radius 1 is 0.277 bits per heavy atom. The monoisotopic (exact) mass is 597 g/mol. The lowest BCUT2D eigenvalue weighted by molar-refractivity contribution is 1.30. The van der Waals surface area contributed by atoms with E-state index in [-0.39, 0.29) is 0 Å². The van der Waals surface area contributed by atoms with Gasteiger partial charge in [0.25, 0.3) is 0 Å².